The van der Waals surface area contributed by atoms with Crippen molar-refractivity contribution in [1.29, 1.82) is 0 Å². The molecule has 0 aliphatic rings. The monoisotopic (exact) mass is 465 g/mol. The Kier molecular flexibility index (Phi) is 25.1. The second kappa shape index (κ2) is 25.8. The summed E-state index contributed by atoms with van der Waals surface area (Å²) in [5.41, 5.74) is 0. The summed E-state index contributed by atoms with van der Waals surface area (Å²) >= 11 is 0. The number of hydrogen-bond donors (Lipinski definition) is 0. The number of esters is 1. The number of allylic oxidation sites excluding steroid dienone is 1. The smallest absolute Gasteiger partial charge is 0.306 e. The summed E-state index contributed by atoms with van der Waals surface area (Å²) in [4.78, 5) is 14.2. The third kappa shape index (κ3) is 24.1. The lowest BCUT2D eigenvalue weighted by Gasteiger charge is -2.24. The molecule has 0 saturated carbocycles. The van der Waals surface area contributed by atoms with E-state index in [1.807, 2.05) is 6.08 Å². The molecule has 0 fully saturated rings. The van der Waals surface area contributed by atoms with Crippen molar-refractivity contribution in [2.75, 3.05) is 20.7 Å². The lowest BCUT2D eigenvalue weighted by atomic mass is 9.99. The maximum atomic E-state index is 11.7. The fraction of sp³-hybridized carbons (Fsp3) is 0.900. The average molecular weight is 466 g/mol. The summed E-state index contributed by atoms with van der Waals surface area (Å²) in [6, 6.07) is 0.771. The summed E-state index contributed by atoms with van der Waals surface area (Å²) in [5.74, 6) is -0.0397. The Hall–Kier alpha value is -0.830. The highest BCUT2D eigenvalue weighted by molar-refractivity contribution is 5.69. The molecule has 0 aromatic rings. The van der Waals surface area contributed by atoms with Crippen LogP contribution in [0.2, 0.25) is 0 Å². The number of unbranched alkanes of at least 4 members (excludes halogenated alkanes) is 15. The van der Waals surface area contributed by atoms with Gasteiger partial charge in [0.25, 0.3) is 0 Å². The lowest BCUT2D eigenvalue weighted by molar-refractivity contribution is -0.142. The molecule has 0 spiro atoms. The van der Waals surface area contributed by atoms with Crippen LogP contribution in [0.3, 0.4) is 0 Å². The van der Waals surface area contributed by atoms with Gasteiger partial charge in [-0.15, -0.1) is 0 Å². The van der Waals surface area contributed by atoms with Crippen LogP contribution < -0.4 is 0 Å². The van der Waals surface area contributed by atoms with Gasteiger partial charge in [-0.1, -0.05) is 129 Å². The van der Waals surface area contributed by atoms with E-state index in [4.69, 9.17) is 4.74 Å². The summed E-state index contributed by atoms with van der Waals surface area (Å²) in [7, 11) is 4.51. The zero-order valence-corrected chi connectivity index (χ0v) is 23.1. The van der Waals surface area contributed by atoms with Crippen molar-refractivity contribution in [2.45, 2.75) is 155 Å². The van der Waals surface area contributed by atoms with E-state index in [-0.39, 0.29) is 5.97 Å². The van der Waals surface area contributed by atoms with Crippen molar-refractivity contribution in [3.8, 4) is 0 Å². The molecule has 0 aromatic heterocycles. The van der Waals surface area contributed by atoms with E-state index in [9.17, 15) is 4.79 Å². The van der Waals surface area contributed by atoms with Crippen LogP contribution in [0.15, 0.2) is 12.2 Å². The van der Waals surface area contributed by atoms with Crippen LogP contribution in [0.1, 0.15) is 149 Å². The first-order chi connectivity index (χ1) is 16.1. The molecule has 1 unspecified atom stereocenters. The molecule has 0 aliphatic carbocycles. The van der Waals surface area contributed by atoms with Gasteiger partial charge in [-0.25, -0.2) is 0 Å². The number of rotatable bonds is 25. The van der Waals surface area contributed by atoms with Crippen LogP contribution in [-0.2, 0) is 9.53 Å². The maximum absolute atomic E-state index is 11.7. The Labute approximate surface area is 208 Å². The lowest BCUT2D eigenvalue weighted by Crippen LogP contribution is -2.27. The first kappa shape index (κ1) is 32.2. The topological polar surface area (TPSA) is 29.5 Å². The molecule has 0 radical (unpaired) electrons. The van der Waals surface area contributed by atoms with E-state index >= 15 is 0 Å². The Balaban J connectivity index is 3.49. The molecule has 196 valence electrons. The van der Waals surface area contributed by atoms with Gasteiger partial charge >= 0.3 is 5.97 Å². The van der Waals surface area contributed by atoms with Crippen LogP contribution in [0.5, 0.6) is 0 Å². The normalized spacial score (nSPS) is 12.6. The Morgan fingerprint density at radius 2 is 1.15 bits per heavy atom. The molecule has 0 aliphatic heterocycles. The number of carbonyl (C=O) groups excluding carboxylic acids is 1. The summed E-state index contributed by atoms with van der Waals surface area (Å²) in [6.45, 7) is 4.92. The molecular weight excluding hydrogens is 406 g/mol. The van der Waals surface area contributed by atoms with Crippen molar-refractivity contribution in [3.63, 3.8) is 0 Å². The predicted octanol–water partition coefficient (Wildman–Crippen LogP) is 9.25. The fourth-order valence-corrected chi connectivity index (χ4v) is 4.43. The van der Waals surface area contributed by atoms with Crippen LogP contribution in [-0.4, -0.2) is 37.6 Å². The maximum Gasteiger partial charge on any atom is 0.306 e. The van der Waals surface area contributed by atoms with E-state index in [0.717, 1.165) is 25.3 Å². The van der Waals surface area contributed by atoms with Gasteiger partial charge in [-0.3, -0.25) is 4.79 Å². The molecule has 0 saturated heterocycles. The van der Waals surface area contributed by atoms with Crippen LogP contribution in [0.4, 0.5) is 0 Å². The Bertz CT molecular complexity index is 433. The summed E-state index contributed by atoms with van der Waals surface area (Å²) in [6.07, 6.45) is 30.9. The Morgan fingerprint density at radius 1 is 0.667 bits per heavy atom. The zero-order chi connectivity index (χ0) is 24.4. The van der Waals surface area contributed by atoms with Gasteiger partial charge in [0.1, 0.15) is 6.61 Å². The van der Waals surface area contributed by atoms with Gasteiger partial charge < -0.3 is 9.64 Å². The van der Waals surface area contributed by atoms with Gasteiger partial charge in [0.15, 0.2) is 0 Å². The van der Waals surface area contributed by atoms with E-state index in [1.165, 1.54) is 109 Å². The SMILES string of the molecule is CCCC/C=C\COC(=O)CCCCCCCCCCC(CCCCCCCCC)N(C)C. The van der Waals surface area contributed by atoms with Gasteiger partial charge in [0, 0.05) is 12.5 Å². The van der Waals surface area contributed by atoms with Gasteiger partial charge in [-0.2, -0.15) is 0 Å². The van der Waals surface area contributed by atoms with E-state index in [1.54, 1.807) is 0 Å². The Morgan fingerprint density at radius 3 is 1.67 bits per heavy atom. The van der Waals surface area contributed by atoms with Crippen molar-refractivity contribution in [2.24, 2.45) is 0 Å². The molecule has 0 N–H and O–H groups in total. The molecule has 0 rings (SSSR count). The van der Waals surface area contributed by atoms with E-state index in [0.29, 0.717) is 13.0 Å². The summed E-state index contributed by atoms with van der Waals surface area (Å²) in [5, 5.41) is 0. The molecule has 0 amide bonds. The van der Waals surface area contributed by atoms with Crippen molar-refractivity contribution in [1.82, 2.24) is 4.90 Å². The highest BCUT2D eigenvalue weighted by Crippen LogP contribution is 2.17. The standard InChI is InChI=1S/C30H59NO2/c1-5-7-9-11-14-17-21-25-29(31(3)4)26-22-18-15-12-13-16-19-23-27-30(32)33-28-24-20-10-8-6-2/h20,24,29H,5-19,21-23,25-28H2,1-4H3/b24-20-. The molecule has 0 aromatic carbocycles. The molecule has 3 heteroatoms. The minimum atomic E-state index is -0.0397. The molecular formula is C30H59NO2. The highest BCUT2D eigenvalue weighted by atomic mass is 16.5. The van der Waals surface area contributed by atoms with E-state index in [2.05, 4.69) is 38.9 Å². The van der Waals surface area contributed by atoms with Crippen molar-refractivity contribution < 1.29 is 9.53 Å². The van der Waals surface area contributed by atoms with Gasteiger partial charge in [0.05, 0.1) is 0 Å². The van der Waals surface area contributed by atoms with Crippen LogP contribution in [0.25, 0.3) is 0 Å². The highest BCUT2D eigenvalue weighted by Gasteiger charge is 2.10. The molecule has 33 heavy (non-hydrogen) atoms. The summed E-state index contributed by atoms with van der Waals surface area (Å²) < 4.78 is 5.25. The minimum Gasteiger partial charge on any atom is -0.461 e. The van der Waals surface area contributed by atoms with Gasteiger partial charge in [-0.05, 0) is 39.8 Å². The molecule has 0 heterocycles. The average Bonchev–Trinajstić information content (AvgIpc) is 2.80. The van der Waals surface area contributed by atoms with Crippen LogP contribution in [0, 0.1) is 0 Å². The third-order valence-corrected chi connectivity index (χ3v) is 6.77. The van der Waals surface area contributed by atoms with Crippen LogP contribution >= 0.6 is 0 Å². The van der Waals surface area contributed by atoms with Crippen molar-refractivity contribution >= 4 is 5.97 Å². The first-order valence-corrected chi connectivity index (χ1v) is 14.6. The van der Waals surface area contributed by atoms with Gasteiger partial charge in [0.2, 0.25) is 0 Å². The number of hydrogen-bond acceptors (Lipinski definition) is 3. The van der Waals surface area contributed by atoms with Crippen molar-refractivity contribution in [3.05, 3.63) is 12.2 Å². The second-order valence-corrected chi connectivity index (χ2v) is 10.2. The van der Waals surface area contributed by atoms with E-state index < -0.39 is 0 Å². The largest absolute Gasteiger partial charge is 0.461 e. The third-order valence-electron chi connectivity index (χ3n) is 6.77. The zero-order valence-electron chi connectivity index (χ0n) is 23.1. The minimum absolute atomic E-state index is 0.0397. The quantitative estimate of drug-likeness (QED) is 0.0764. The predicted molar refractivity (Wildman–Crippen MR) is 146 cm³/mol. The second-order valence-electron chi connectivity index (χ2n) is 10.2. The molecule has 0 bridgehead atoms. The molecule has 1 atom stereocenters. The fourth-order valence-electron chi connectivity index (χ4n) is 4.43. The number of carbonyl (C=O) groups is 1. The number of nitrogens with zero attached hydrogens (tertiary/aromatic N) is 1. The number of ether oxygens (including phenoxy) is 1. The molecule has 3 nitrogen and oxygen atoms in total. The first-order valence-electron chi connectivity index (χ1n) is 14.6.